The van der Waals surface area contributed by atoms with Gasteiger partial charge in [-0.25, -0.2) is 4.39 Å². The molecule has 1 N–H and O–H groups in total. The van der Waals surface area contributed by atoms with Crippen LogP contribution in [0.2, 0.25) is 0 Å². The van der Waals surface area contributed by atoms with E-state index in [9.17, 15) is 9.18 Å². The van der Waals surface area contributed by atoms with Gasteiger partial charge in [0.2, 0.25) is 0 Å². The van der Waals surface area contributed by atoms with Gasteiger partial charge in [-0.2, -0.15) is 0 Å². The Hall–Kier alpha value is -2.31. The van der Waals surface area contributed by atoms with Crippen molar-refractivity contribution in [1.82, 2.24) is 15.2 Å². The lowest BCUT2D eigenvalue weighted by Gasteiger charge is -2.24. The number of nitrogens with one attached hydrogen (secondary N) is 1. The van der Waals surface area contributed by atoms with Crippen molar-refractivity contribution >= 4 is 5.91 Å². The number of pyridine rings is 1. The smallest absolute Gasteiger partial charge is 0.254 e. The monoisotopic (exact) mass is 343 g/mol. The summed E-state index contributed by atoms with van der Waals surface area (Å²) in [4.78, 5) is 18.1. The zero-order chi connectivity index (χ0) is 17.5. The van der Waals surface area contributed by atoms with Gasteiger partial charge in [0.25, 0.3) is 5.91 Å². The summed E-state index contributed by atoms with van der Waals surface area (Å²) >= 11 is 0. The lowest BCUT2D eigenvalue weighted by molar-refractivity contribution is 0.0510. The molecule has 1 fully saturated rings. The van der Waals surface area contributed by atoms with Gasteiger partial charge in [0, 0.05) is 39.0 Å². The second-order valence-corrected chi connectivity index (χ2v) is 6.13. The van der Waals surface area contributed by atoms with Gasteiger partial charge in [0.15, 0.2) is 5.82 Å². The largest absolute Gasteiger partial charge is 0.375 e. The highest BCUT2D eigenvalue weighted by Gasteiger charge is 2.20. The molecule has 0 aliphatic carbocycles. The molecule has 1 atom stereocenters. The van der Waals surface area contributed by atoms with E-state index in [1.54, 1.807) is 0 Å². The molecule has 6 heteroatoms. The van der Waals surface area contributed by atoms with E-state index in [4.69, 9.17) is 4.74 Å². The Balaban J connectivity index is 1.54. The van der Waals surface area contributed by atoms with Crippen molar-refractivity contribution in [2.75, 3.05) is 26.2 Å². The van der Waals surface area contributed by atoms with Gasteiger partial charge in [-0.3, -0.25) is 14.7 Å². The first kappa shape index (κ1) is 17.5. The topological polar surface area (TPSA) is 54.5 Å². The number of hydrogen-bond acceptors (Lipinski definition) is 4. The van der Waals surface area contributed by atoms with Crippen LogP contribution in [0.3, 0.4) is 0 Å². The van der Waals surface area contributed by atoms with Crippen molar-refractivity contribution in [2.45, 2.75) is 19.1 Å². The minimum Gasteiger partial charge on any atom is -0.375 e. The highest BCUT2D eigenvalue weighted by Crippen LogP contribution is 2.11. The molecule has 1 saturated heterocycles. The van der Waals surface area contributed by atoms with E-state index in [1.807, 2.05) is 18.2 Å². The molecule has 1 aromatic heterocycles. The molecule has 0 unspecified atom stereocenters. The molecule has 1 aromatic carbocycles. The van der Waals surface area contributed by atoms with E-state index >= 15 is 0 Å². The number of amides is 1. The molecule has 3 rings (SSSR count). The van der Waals surface area contributed by atoms with Crippen LogP contribution in [0.1, 0.15) is 22.3 Å². The van der Waals surface area contributed by atoms with Crippen LogP contribution in [0.4, 0.5) is 4.39 Å². The van der Waals surface area contributed by atoms with Crippen LogP contribution in [0.25, 0.3) is 0 Å². The van der Waals surface area contributed by atoms with Crippen molar-refractivity contribution in [1.29, 1.82) is 0 Å². The summed E-state index contributed by atoms with van der Waals surface area (Å²) in [6, 6.07) is 11.7. The predicted molar refractivity (Wildman–Crippen MR) is 92.6 cm³/mol. The summed E-state index contributed by atoms with van der Waals surface area (Å²) in [7, 11) is 0. The summed E-state index contributed by atoms with van der Waals surface area (Å²) in [5.74, 6) is -1.06. The third kappa shape index (κ3) is 5.08. The molecule has 0 saturated carbocycles. The summed E-state index contributed by atoms with van der Waals surface area (Å²) in [6.07, 6.45) is 3.29. The molecule has 132 valence electrons. The Kier molecular flexibility index (Phi) is 6.09. The van der Waals surface area contributed by atoms with Crippen LogP contribution < -0.4 is 5.32 Å². The summed E-state index contributed by atoms with van der Waals surface area (Å²) in [5.41, 5.74) is 1.26. The Morgan fingerprint density at radius 3 is 2.96 bits per heavy atom. The quantitative estimate of drug-likeness (QED) is 0.905. The van der Waals surface area contributed by atoms with Crippen molar-refractivity contribution < 1.29 is 13.9 Å². The number of benzene rings is 1. The molecule has 1 aliphatic heterocycles. The summed E-state index contributed by atoms with van der Waals surface area (Å²) < 4.78 is 19.4. The fourth-order valence-electron chi connectivity index (χ4n) is 2.94. The fourth-order valence-corrected chi connectivity index (χ4v) is 2.94. The molecule has 25 heavy (non-hydrogen) atoms. The molecular weight excluding hydrogens is 321 g/mol. The Morgan fingerprint density at radius 1 is 1.32 bits per heavy atom. The Morgan fingerprint density at radius 2 is 2.16 bits per heavy atom. The lowest BCUT2D eigenvalue weighted by atomic mass is 10.2. The SMILES string of the molecule is O=C(NC[C@@H]1CN(Cc2ccccc2)CCCO1)c1ccncc1F. The standard InChI is InChI=1S/C19H22FN3O2/c20-18-12-21-8-7-17(18)19(24)22-11-16-14-23(9-4-10-25-16)13-15-5-2-1-3-6-15/h1-3,5-8,12,16H,4,9-11,13-14H2,(H,22,24)/t16-/m1/s1. The third-order valence-corrected chi connectivity index (χ3v) is 4.19. The van der Waals surface area contributed by atoms with Gasteiger partial charge in [-0.1, -0.05) is 30.3 Å². The average Bonchev–Trinajstić information content (AvgIpc) is 2.86. The van der Waals surface area contributed by atoms with E-state index in [0.29, 0.717) is 13.2 Å². The molecule has 2 aromatic rings. The van der Waals surface area contributed by atoms with Crippen LogP contribution in [0, 0.1) is 5.82 Å². The Labute approximate surface area is 146 Å². The molecule has 1 amide bonds. The maximum Gasteiger partial charge on any atom is 0.254 e. The number of carbonyl (C=O) groups is 1. The van der Waals surface area contributed by atoms with Crippen molar-refractivity contribution in [3.05, 3.63) is 65.7 Å². The van der Waals surface area contributed by atoms with E-state index in [2.05, 4.69) is 27.3 Å². The van der Waals surface area contributed by atoms with Crippen molar-refractivity contribution in [2.24, 2.45) is 0 Å². The molecule has 2 heterocycles. The van der Waals surface area contributed by atoms with Crippen LogP contribution in [0.5, 0.6) is 0 Å². The number of ether oxygens (including phenoxy) is 1. The second kappa shape index (κ2) is 8.69. The zero-order valence-corrected chi connectivity index (χ0v) is 14.0. The number of hydrogen-bond donors (Lipinski definition) is 1. The van der Waals surface area contributed by atoms with Gasteiger partial charge in [-0.05, 0) is 18.1 Å². The number of halogens is 1. The molecule has 1 aliphatic rings. The van der Waals surface area contributed by atoms with E-state index in [-0.39, 0.29) is 11.7 Å². The van der Waals surface area contributed by atoms with Crippen LogP contribution in [-0.4, -0.2) is 48.1 Å². The lowest BCUT2D eigenvalue weighted by Crippen LogP contribution is -2.40. The van der Waals surface area contributed by atoms with Gasteiger partial charge in [0.1, 0.15) is 0 Å². The van der Waals surface area contributed by atoms with Crippen molar-refractivity contribution in [3.8, 4) is 0 Å². The van der Waals surface area contributed by atoms with Crippen LogP contribution in [0.15, 0.2) is 48.8 Å². The minimum absolute atomic E-state index is 0.00441. The van der Waals surface area contributed by atoms with Crippen LogP contribution in [-0.2, 0) is 11.3 Å². The third-order valence-electron chi connectivity index (χ3n) is 4.19. The molecule has 0 radical (unpaired) electrons. The number of rotatable bonds is 5. The highest BCUT2D eigenvalue weighted by molar-refractivity contribution is 5.94. The minimum atomic E-state index is -0.618. The van der Waals surface area contributed by atoms with Gasteiger partial charge in [0.05, 0.1) is 17.9 Å². The number of nitrogens with zero attached hydrogens (tertiary/aromatic N) is 2. The van der Waals surface area contributed by atoms with Crippen LogP contribution >= 0.6 is 0 Å². The first-order chi connectivity index (χ1) is 12.2. The predicted octanol–water partition coefficient (Wildman–Crippen LogP) is 2.24. The first-order valence-corrected chi connectivity index (χ1v) is 8.48. The highest BCUT2D eigenvalue weighted by atomic mass is 19.1. The van der Waals surface area contributed by atoms with Gasteiger partial charge < -0.3 is 10.1 Å². The van der Waals surface area contributed by atoms with Gasteiger partial charge >= 0.3 is 0 Å². The molecule has 0 spiro atoms. The first-order valence-electron chi connectivity index (χ1n) is 8.48. The average molecular weight is 343 g/mol. The van der Waals surface area contributed by atoms with Crippen molar-refractivity contribution in [3.63, 3.8) is 0 Å². The van der Waals surface area contributed by atoms with E-state index < -0.39 is 11.7 Å². The molecule has 0 bridgehead atoms. The van der Waals surface area contributed by atoms with E-state index in [0.717, 1.165) is 32.3 Å². The molecule has 5 nitrogen and oxygen atoms in total. The number of aromatic nitrogens is 1. The second-order valence-electron chi connectivity index (χ2n) is 6.13. The zero-order valence-electron chi connectivity index (χ0n) is 14.0. The van der Waals surface area contributed by atoms with E-state index in [1.165, 1.54) is 17.8 Å². The van der Waals surface area contributed by atoms with Gasteiger partial charge in [-0.15, -0.1) is 0 Å². The normalized spacial score (nSPS) is 18.5. The Bertz CT molecular complexity index is 696. The summed E-state index contributed by atoms with van der Waals surface area (Å²) in [5, 5.41) is 2.76. The maximum absolute atomic E-state index is 13.6. The molecular formula is C19H22FN3O2. The summed E-state index contributed by atoms with van der Waals surface area (Å²) in [6.45, 7) is 3.56. The fraction of sp³-hybridized carbons (Fsp3) is 0.368. The number of carbonyl (C=O) groups excluding carboxylic acids is 1. The maximum atomic E-state index is 13.6.